The van der Waals surface area contributed by atoms with Crippen LogP contribution in [0.3, 0.4) is 0 Å². The van der Waals surface area contributed by atoms with E-state index in [2.05, 4.69) is 10.6 Å². The summed E-state index contributed by atoms with van der Waals surface area (Å²) in [6, 6.07) is 7.02. The molecule has 6 heteroatoms. The molecule has 23 heavy (non-hydrogen) atoms. The van der Waals surface area contributed by atoms with Gasteiger partial charge >= 0.3 is 0 Å². The number of benzene rings is 1. The Hall–Kier alpha value is -2.08. The molecule has 1 unspecified atom stereocenters. The summed E-state index contributed by atoms with van der Waals surface area (Å²) in [5, 5.41) is 5.33. The van der Waals surface area contributed by atoms with Crippen LogP contribution in [0.5, 0.6) is 5.75 Å². The fourth-order valence-electron chi connectivity index (χ4n) is 2.32. The van der Waals surface area contributed by atoms with Crippen LogP contribution in [-0.2, 0) is 9.53 Å². The molecule has 0 spiro atoms. The van der Waals surface area contributed by atoms with E-state index in [1.807, 2.05) is 13.0 Å². The molecule has 0 bridgehead atoms. The van der Waals surface area contributed by atoms with Crippen molar-refractivity contribution < 1.29 is 19.1 Å². The molecule has 0 saturated carbocycles. The van der Waals surface area contributed by atoms with E-state index in [4.69, 9.17) is 9.47 Å². The van der Waals surface area contributed by atoms with E-state index >= 15 is 0 Å². The lowest BCUT2D eigenvalue weighted by molar-refractivity contribution is -0.120. The second-order valence-corrected chi connectivity index (χ2v) is 5.47. The van der Waals surface area contributed by atoms with Crippen molar-refractivity contribution in [2.45, 2.75) is 32.3 Å². The van der Waals surface area contributed by atoms with E-state index in [9.17, 15) is 9.59 Å². The van der Waals surface area contributed by atoms with E-state index in [0.717, 1.165) is 25.9 Å². The Bertz CT molecular complexity index is 527. The molecule has 1 aromatic rings. The number of nitrogens with one attached hydrogen (secondary N) is 2. The normalized spacial score (nSPS) is 16.8. The van der Waals surface area contributed by atoms with Crippen LogP contribution in [-0.4, -0.2) is 44.2 Å². The van der Waals surface area contributed by atoms with Gasteiger partial charge < -0.3 is 20.1 Å². The minimum Gasteiger partial charge on any atom is -0.490 e. The minimum absolute atomic E-state index is 0.0428. The summed E-state index contributed by atoms with van der Waals surface area (Å²) in [6.45, 7) is 3.74. The van der Waals surface area contributed by atoms with Gasteiger partial charge in [0.05, 0.1) is 18.2 Å². The highest BCUT2D eigenvalue weighted by molar-refractivity contribution is 5.98. The largest absolute Gasteiger partial charge is 0.490 e. The molecule has 0 aromatic heterocycles. The second-order valence-electron chi connectivity index (χ2n) is 5.47. The molecular weight excluding hydrogens is 296 g/mol. The first kappa shape index (κ1) is 17.3. The molecule has 0 aliphatic carbocycles. The molecule has 2 amide bonds. The van der Waals surface area contributed by atoms with Gasteiger partial charge in [-0.25, -0.2) is 0 Å². The summed E-state index contributed by atoms with van der Waals surface area (Å²) >= 11 is 0. The Balaban J connectivity index is 1.87. The molecule has 126 valence electrons. The van der Waals surface area contributed by atoms with Gasteiger partial charge in [-0.1, -0.05) is 19.1 Å². The zero-order chi connectivity index (χ0) is 16.5. The maximum Gasteiger partial charge on any atom is 0.255 e. The van der Waals surface area contributed by atoms with Gasteiger partial charge in [-0.15, -0.1) is 0 Å². The molecule has 1 heterocycles. The van der Waals surface area contributed by atoms with Crippen molar-refractivity contribution in [3.8, 4) is 5.75 Å². The molecule has 1 aliphatic rings. The highest BCUT2D eigenvalue weighted by Crippen LogP contribution is 2.20. The SMILES string of the molecule is CCCNC(=O)CNC(=O)c1ccccc1OCC1CCCO1. The van der Waals surface area contributed by atoms with Gasteiger partial charge in [0.25, 0.3) is 5.91 Å². The van der Waals surface area contributed by atoms with Crippen LogP contribution in [0.15, 0.2) is 24.3 Å². The van der Waals surface area contributed by atoms with Crippen LogP contribution in [0.2, 0.25) is 0 Å². The molecule has 0 radical (unpaired) electrons. The summed E-state index contributed by atoms with van der Waals surface area (Å²) in [6.07, 6.45) is 2.97. The van der Waals surface area contributed by atoms with Crippen molar-refractivity contribution in [1.29, 1.82) is 0 Å². The fraction of sp³-hybridized carbons (Fsp3) is 0.529. The van der Waals surface area contributed by atoms with Crippen LogP contribution >= 0.6 is 0 Å². The van der Waals surface area contributed by atoms with Crippen molar-refractivity contribution in [2.75, 3.05) is 26.3 Å². The molecule has 1 aliphatic heterocycles. The lowest BCUT2D eigenvalue weighted by atomic mass is 10.2. The third-order valence-electron chi connectivity index (χ3n) is 3.56. The highest BCUT2D eigenvalue weighted by Gasteiger charge is 2.18. The Morgan fingerprint density at radius 2 is 2.13 bits per heavy atom. The molecule has 1 saturated heterocycles. The summed E-state index contributed by atoms with van der Waals surface area (Å²) in [5.41, 5.74) is 0.425. The monoisotopic (exact) mass is 320 g/mol. The molecular formula is C17H24N2O4. The number of hydrogen-bond donors (Lipinski definition) is 2. The molecule has 1 fully saturated rings. The van der Waals surface area contributed by atoms with E-state index in [-0.39, 0.29) is 24.5 Å². The van der Waals surface area contributed by atoms with Crippen molar-refractivity contribution in [3.63, 3.8) is 0 Å². The summed E-state index contributed by atoms with van der Waals surface area (Å²) in [4.78, 5) is 23.8. The molecule has 2 rings (SSSR count). The van der Waals surface area contributed by atoms with Gasteiger partial charge in [-0.3, -0.25) is 9.59 Å². The van der Waals surface area contributed by atoms with Crippen LogP contribution < -0.4 is 15.4 Å². The number of rotatable bonds is 8. The number of para-hydroxylation sites is 1. The fourth-order valence-corrected chi connectivity index (χ4v) is 2.32. The molecule has 2 N–H and O–H groups in total. The summed E-state index contributed by atoms with van der Waals surface area (Å²) in [5.74, 6) is -0.00740. The summed E-state index contributed by atoms with van der Waals surface area (Å²) in [7, 11) is 0. The van der Waals surface area contributed by atoms with Crippen LogP contribution in [0.1, 0.15) is 36.5 Å². The van der Waals surface area contributed by atoms with Crippen molar-refractivity contribution >= 4 is 11.8 Å². The molecule has 1 atom stereocenters. The van der Waals surface area contributed by atoms with E-state index < -0.39 is 0 Å². The number of amides is 2. The minimum atomic E-state index is -0.320. The average Bonchev–Trinajstić information content (AvgIpc) is 3.09. The number of carbonyl (C=O) groups is 2. The maximum atomic E-state index is 12.2. The topological polar surface area (TPSA) is 76.7 Å². The van der Waals surface area contributed by atoms with Gasteiger partial charge in [-0.05, 0) is 31.4 Å². The van der Waals surface area contributed by atoms with E-state index in [0.29, 0.717) is 24.5 Å². The summed E-state index contributed by atoms with van der Waals surface area (Å²) < 4.78 is 11.2. The van der Waals surface area contributed by atoms with Gasteiger partial charge in [-0.2, -0.15) is 0 Å². The Kier molecular flexibility index (Phi) is 6.87. The standard InChI is InChI=1S/C17H24N2O4/c1-2-9-18-16(20)11-19-17(21)14-7-3-4-8-15(14)23-12-13-6-5-10-22-13/h3-4,7-8,13H,2,5-6,9-12H2,1H3,(H,18,20)(H,19,21). The van der Waals surface area contributed by atoms with Crippen LogP contribution in [0.25, 0.3) is 0 Å². The first-order valence-corrected chi connectivity index (χ1v) is 8.09. The van der Waals surface area contributed by atoms with E-state index in [1.54, 1.807) is 18.2 Å². The zero-order valence-corrected chi connectivity index (χ0v) is 13.5. The van der Waals surface area contributed by atoms with Crippen LogP contribution in [0, 0.1) is 0 Å². The highest BCUT2D eigenvalue weighted by atomic mass is 16.5. The average molecular weight is 320 g/mol. The van der Waals surface area contributed by atoms with Crippen LogP contribution in [0.4, 0.5) is 0 Å². The van der Waals surface area contributed by atoms with Crippen molar-refractivity contribution in [3.05, 3.63) is 29.8 Å². The second kappa shape index (κ2) is 9.15. The third kappa shape index (κ3) is 5.56. The molecule has 6 nitrogen and oxygen atoms in total. The Labute approximate surface area is 136 Å². The van der Waals surface area contributed by atoms with Crippen molar-refractivity contribution in [2.24, 2.45) is 0 Å². The quantitative estimate of drug-likeness (QED) is 0.761. The predicted octanol–water partition coefficient (Wildman–Crippen LogP) is 1.50. The first-order chi connectivity index (χ1) is 11.2. The lowest BCUT2D eigenvalue weighted by Crippen LogP contribution is -2.37. The Morgan fingerprint density at radius 1 is 1.30 bits per heavy atom. The van der Waals surface area contributed by atoms with Gasteiger partial charge in [0.2, 0.25) is 5.91 Å². The van der Waals surface area contributed by atoms with E-state index in [1.165, 1.54) is 0 Å². The van der Waals surface area contributed by atoms with Gasteiger partial charge in [0.1, 0.15) is 12.4 Å². The van der Waals surface area contributed by atoms with Crippen molar-refractivity contribution in [1.82, 2.24) is 10.6 Å². The van der Waals surface area contributed by atoms with Gasteiger partial charge in [0, 0.05) is 13.2 Å². The number of ether oxygens (including phenoxy) is 2. The maximum absolute atomic E-state index is 12.2. The predicted molar refractivity (Wildman–Crippen MR) is 86.5 cm³/mol. The number of carbonyl (C=O) groups excluding carboxylic acids is 2. The van der Waals surface area contributed by atoms with Gasteiger partial charge in [0.15, 0.2) is 0 Å². The smallest absolute Gasteiger partial charge is 0.255 e. The lowest BCUT2D eigenvalue weighted by Gasteiger charge is -2.14. The first-order valence-electron chi connectivity index (χ1n) is 8.09. The third-order valence-corrected chi connectivity index (χ3v) is 3.56. The zero-order valence-electron chi connectivity index (χ0n) is 13.5. The number of hydrogen-bond acceptors (Lipinski definition) is 4. The molecule has 1 aromatic carbocycles. The Morgan fingerprint density at radius 3 is 2.87 bits per heavy atom.